The van der Waals surface area contributed by atoms with Crippen LogP contribution in [0.3, 0.4) is 0 Å². The monoisotopic (exact) mass is 441 g/mol. The van der Waals surface area contributed by atoms with E-state index in [4.69, 9.17) is 21.1 Å². The highest BCUT2D eigenvalue weighted by molar-refractivity contribution is 6.33. The minimum Gasteiger partial charge on any atom is -0.497 e. The topological polar surface area (TPSA) is 94.1 Å². The van der Waals surface area contributed by atoms with E-state index in [2.05, 4.69) is 27.2 Å². The number of fused-ring (bicyclic) bond motifs is 1. The molecule has 9 heteroatoms. The summed E-state index contributed by atoms with van der Waals surface area (Å²) >= 11 is 6.62. The van der Waals surface area contributed by atoms with E-state index in [1.165, 1.54) is 6.08 Å². The summed E-state index contributed by atoms with van der Waals surface area (Å²) in [4.78, 5) is 11.8. The molecule has 162 valence electrons. The molecule has 0 spiro atoms. The molecule has 1 aromatic carbocycles. The molecule has 0 aliphatic heterocycles. The van der Waals surface area contributed by atoms with Crippen molar-refractivity contribution in [3.8, 4) is 22.9 Å². The van der Waals surface area contributed by atoms with E-state index in [-0.39, 0.29) is 11.8 Å². The summed E-state index contributed by atoms with van der Waals surface area (Å²) in [6.07, 6.45) is 5.30. The maximum Gasteiger partial charge on any atom is 0.247 e. The zero-order chi connectivity index (χ0) is 22.1. The van der Waals surface area contributed by atoms with E-state index in [9.17, 15) is 4.79 Å². The average Bonchev–Trinajstić information content (AvgIpc) is 3.35. The Kier molecular flexibility index (Phi) is 5.73. The summed E-state index contributed by atoms with van der Waals surface area (Å²) in [6.45, 7) is 3.51. The number of carbonyl (C=O) groups is 1. The summed E-state index contributed by atoms with van der Waals surface area (Å²) in [6, 6.07) is 3.76. The minimum atomic E-state index is -0.291. The van der Waals surface area contributed by atoms with E-state index in [1.54, 1.807) is 31.2 Å². The first-order valence-corrected chi connectivity index (χ1v) is 10.3. The predicted molar refractivity (Wildman–Crippen MR) is 119 cm³/mol. The van der Waals surface area contributed by atoms with Crippen LogP contribution in [0.25, 0.3) is 11.4 Å². The van der Waals surface area contributed by atoms with Crippen molar-refractivity contribution in [3.05, 3.63) is 52.8 Å². The van der Waals surface area contributed by atoms with Crippen LogP contribution in [-0.2, 0) is 24.7 Å². The number of ether oxygens (including phenoxy) is 2. The zero-order valence-electron chi connectivity index (χ0n) is 17.7. The minimum absolute atomic E-state index is 0.198. The van der Waals surface area contributed by atoms with Gasteiger partial charge in [-0.25, -0.2) is 0 Å². The Hall–Kier alpha value is -3.26. The number of halogens is 1. The lowest BCUT2D eigenvalue weighted by molar-refractivity contribution is -0.111. The first-order valence-electron chi connectivity index (χ1n) is 9.90. The first-order chi connectivity index (χ1) is 15.0. The van der Waals surface area contributed by atoms with Gasteiger partial charge in [0.15, 0.2) is 0 Å². The van der Waals surface area contributed by atoms with Gasteiger partial charge in [-0.05, 0) is 42.9 Å². The summed E-state index contributed by atoms with van der Waals surface area (Å²) in [5.74, 6) is 1.22. The molecule has 0 fully saturated rings. The van der Waals surface area contributed by atoms with Gasteiger partial charge in [-0.2, -0.15) is 10.2 Å². The van der Waals surface area contributed by atoms with Crippen LogP contribution in [0.5, 0.6) is 11.5 Å². The second-order valence-electron chi connectivity index (χ2n) is 7.43. The third-order valence-corrected chi connectivity index (χ3v) is 6.09. The van der Waals surface area contributed by atoms with E-state index in [0.29, 0.717) is 22.2 Å². The number of carbonyl (C=O) groups excluding carboxylic acids is 1. The lowest BCUT2D eigenvalue weighted by Crippen LogP contribution is -2.14. The van der Waals surface area contributed by atoms with Crippen LogP contribution in [0.1, 0.15) is 29.2 Å². The second-order valence-corrected chi connectivity index (χ2v) is 7.80. The first kappa shape index (κ1) is 21.0. The Morgan fingerprint density at radius 3 is 2.90 bits per heavy atom. The molecule has 2 N–H and O–H groups in total. The Balaban J connectivity index is 1.67. The van der Waals surface area contributed by atoms with Crippen LogP contribution < -0.4 is 14.8 Å². The van der Waals surface area contributed by atoms with E-state index >= 15 is 0 Å². The Morgan fingerprint density at radius 1 is 1.39 bits per heavy atom. The predicted octanol–water partition coefficient (Wildman–Crippen LogP) is 3.88. The second kappa shape index (κ2) is 8.47. The molecule has 31 heavy (non-hydrogen) atoms. The van der Waals surface area contributed by atoms with Gasteiger partial charge in [0.05, 0.1) is 31.1 Å². The smallest absolute Gasteiger partial charge is 0.247 e. The van der Waals surface area contributed by atoms with E-state index < -0.39 is 0 Å². The number of aryl methyl sites for hydroxylation is 1. The number of nitrogens with one attached hydrogen (secondary N) is 2. The van der Waals surface area contributed by atoms with Gasteiger partial charge in [0, 0.05) is 24.4 Å². The fourth-order valence-electron chi connectivity index (χ4n) is 4.12. The highest BCUT2D eigenvalue weighted by Gasteiger charge is 2.29. The standard InChI is InChI=1S/C22H24ClN5O3/c1-5-19(29)25-17-11-24-28(2)22(17)21-14-7-6-12(8-16(14)26-27-21)15-9-13(30-3)10-18(31-4)20(15)23/h5,9-12H,1,6-8H2,2-4H3,(H,25,29)(H,26,27). The molecule has 0 saturated heterocycles. The van der Waals surface area contributed by atoms with Gasteiger partial charge < -0.3 is 14.8 Å². The van der Waals surface area contributed by atoms with Crippen LogP contribution in [0.15, 0.2) is 31.0 Å². The van der Waals surface area contributed by atoms with Gasteiger partial charge in [0.2, 0.25) is 5.91 Å². The summed E-state index contributed by atoms with van der Waals surface area (Å²) in [5.41, 5.74) is 5.32. The van der Waals surface area contributed by atoms with Gasteiger partial charge in [-0.15, -0.1) is 0 Å². The van der Waals surface area contributed by atoms with Crippen LogP contribution in [0.4, 0.5) is 5.69 Å². The van der Waals surface area contributed by atoms with E-state index in [0.717, 1.165) is 47.5 Å². The van der Waals surface area contributed by atoms with Crippen molar-refractivity contribution in [3.63, 3.8) is 0 Å². The largest absolute Gasteiger partial charge is 0.497 e. The van der Waals surface area contributed by atoms with Crippen molar-refractivity contribution in [2.24, 2.45) is 7.05 Å². The third kappa shape index (κ3) is 3.79. The number of rotatable bonds is 6. The van der Waals surface area contributed by atoms with E-state index in [1.807, 2.05) is 13.1 Å². The number of aromatic nitrogens is 4. The number of methoxy groups -OCH3 is 2. The maximum atomic E-state index is 11.8. The van der Waals surface area contributed by atoms with Crippen LogP contribution in [-0.4, -0.2) is 40.1 Å². The number of aromatic amines is 1. The van der Waals surface area contributed by atoms with Crippen LogP contribution in [0, 0.1) is 0 Å². The highest BCUT2D eigenvalue weighted by atomic mass is 35.5. The van der Waals surface area contributed by atoms with Gasteiger partial charge in [-0.3, -0.25) is 14.6 Å². The molecule has 1 unspecified atom stereocenters. The number of amides is 1. The molecule has 0 radical (unpaired) electrons. The molecule has 1 aliphatic carbocycles. The fraction of sp³-hybridized carbons (Fsp3) is 0.318. The molecular formula is C22H24ClN5O3. The number of benzene rings is 1. The molecule has 0 saturated carbocycles. The molecule has 8 nitrogen and oxygen atoms in total. The Morgan fingerprint density at radius 2 is 2.19 bits per heavy atom. The average molecular weight is 442 g/mol. The molecule has 2 aromatic heterocycles. The van der Waals surface area contributed by atoms with Gasteiger partial charge in [-0.1, -0.05) is 18.2 Å². The summed E-state index contributed by atoms with van der Waals surface area (Å²) < 4.78 is 12.6. The molecule has 1 aliphatic rings. The summed E-state index contributed by atoms with van der Waals surface area (Å²) in [5, 5.41) is 15.5. The number of hydrogen-bond donors (Lipinski definition) is 2. The molecule has 3 aromatic rings. The fourth-order valence-corrected chi connectivity index (χ4v) is 4.46. The number of H-pyrrole nitrogens is 1. The quantitative estimate of drug-likeness (QED) is 0.566. The number of nitrogens with zero attached hydrogens (tertiary/aromatic N) is 3. The lowest BCUT2D eigenvalue weighted by atomic mass is 9.82. The number of hydrogen-bond acceptors (Lipinski definition) is 5. The highest BCUT2D eigenvalue weighted by Crippen LogP contribution is 2.43. The molecule has 1 atom stereocenters. The lowest BCUT2D eigenvalue weighted by Gasteiger charge is -2.25. The van der Waals surface area contributed by atoms with Crippen molar-refractivity contribution in [1.29, 1.82) is 0 Å². The third-order valence-electron chi connectivity index (χ3n) is 5.69. The molecule has 0 bridgehead atoms. The van der Waals surface area contributed by atoms with Crippen molar-refractivity contribution < 1.29 is 14.3 Å². The Bertz CT molecular complexity index is 1150. The molecule has 4 rings (SSSR count). The van der Waals surface area contributed by atoms with Crippen LogP contribution in [0.2, 0.25) is 5.02 Å². The van der Waals surface area contributed by atoms with Crippen molar-refractivity contribution in [2.75, 3.05) is 19.5 Å². The van der Waals surface area contributed by atoms with Crippen LogP contribution >= 0.6 is 11.6 Å². The van der Waals surface area contributed by atoms with Crippen molar-refractivity contribution >= 4 is 23.2 Å². The van der Waals surface area contributed by atoms with Gasteiger partial charge in [0.25, 0.3) is 0 Å². The van der Waals surface area contributed by atoms with Crippen molar-refractivity contribution in [1.82, 2.24) is 20.0 Å². The summed E-state index contributed by atoms with van der Waals surface area (Å²) in [7, 11) is 5.05. The number of anilines is 1. The molecule has 2 heterocycles. The zero-order valence-corrected chi connectivity index (χ0v) is 18.4. The Labute approximate surface area is 185 Å². The normalized spacial score (nSPS) is 15.3. The van der Waals surface area contributed by atoms with Gasteiger partial charge in [0.1, 0.15) is 22.9 Å². The SMILES string of the molecule is C=CC(=O)Nc1cnn(C)c1-c1n[nH]c2c1CCC(c1cc(OC)cc(OC)c1Cl)C2. The van der Waals surface area contributed by atoms with Crippen molar-refractivity contribution in [2.45, 2.75) is 25.2 Å². The molecule has 1 amide bonds. The molecular weight excluding hydrogens is 418 g/mol. The maximum absolute atomic E-state index is 11.8. The van der Waals surface area contributed by atoms with Gasteiger partial charge >= 0.3 is 0 Å².